The number of ether oxygens (including phenoxy) is 1. The molecular weight excluding hydrogens is 188 g/mol. The van der Waals surface area contributed by atoms with Crippen LogP contribution in [-0.4, -0.2) is 44.2 Å². The maximum Gasteiger partial charge on any atom is 0.243 e. The van der Waals surface area contributed by atoms with Crippen molar-refractivity contribution in [1.29, 1.82) is 0 Å². The lowest BCUT2D eigenvalue weighted by Crippen LogP contribution is -2.24. The molecule has 0 aliphatic carbocycles. The molecule has 0 fully saturated rings. The lowest BCUT2D eigenvalue weighted by Gasteiger charge is -2.03. The van der Waals surface area contributed by atoms with E-state index < -0.39 is 5.91 Å². The monoisotopic (exact) mass is 206 g/mol. The van der Waals surface area contributed by atoms with Gasteiger partial charge in [-0.25, -0.2) is 0 Å². The van der Waals surface area contributed by atoms with Gasteiger partial charge in [-0.3, -0.25) is 4.79 Å². The number of primary amides is 1. The highest BCUT2D eigenvalue weighted by molar-refractivity contribution is 7.98. The Bertz CT molecular complexity index is 133. The van der Waals surface area contributed by atoms with Gasteiger partial charge < -0.3 is 15.8 Å². The van der Waals surface area contributed by atoms with Crippen molar-refractivity contribution in [2.45, 2.75) is 6.42 Å². The van der Waals surface area contributed by atoms with Gasteiger partial charge in [0.25, 0.3) is 0 Å². The molecule has 0 saturated heterocycles. The van der Waals surface area contributed by atoms with Gasteiger partial charge in [-0.15, -0.1) is 0 Å². The highest BCUT2D eigenvalue weighted by atomic mass is 32.2. The minimum atomic E-state index is -0.414. The van der Waals surface area contributed by atoms with E-state index in [-0.39, 0.29) is 6.61 Å². The summed E-state index contributed by atoms with van der Waals surface area (Å²) in [6.45, 7) is 2.34. The van der Waals surface area contributed by atoms with Crippen molar-refractivity contribution in [3.63, 3.8) is 0 Å². The predicted molar refractivity (Wildman–Crippen MR) is 55.9 cm³/mol. The fourth-order valence-electron chi connectivity index (χ4n) is 0.784. The first kappa shape index (κ1) is 12.7. The average molecular weight is 206 g/mol. The van der Waals surface area contributed by atoms with E-state index in [1.165, 1.54) is 5.75 Å². The molecule has 3 N–H and O–H groups in total. The summed E-state index contributed by atoms with van der Waals surface area (Å²) in [6, 6.07) is 0. The number of amides is 1. The average Bonchev–Trinajstić information content (AvgIpc) is 2.09. The minimum Gasteiger partial charge on any atom is -0.370 e. The van der Waals surface area contributed by atoms with Gasteiger partial charge in [-0.2, -0.15) is 11.8 Å². The Morgan fingerprint density at radius 1 is 1.54 bits per heavy atom. The van der Waals surface area contributed by atoms with E-state index in [0.717, 1.165) is 19.5 Å². The van der Waals surface area contributed by atoms with Gasteiger partial charge in [0.05, 0.1) is 6.61 Å². The van der Waals surface area contributed by atoms with E-state index >= 15 is 0 Å². The van der Waals surface area contributed by atoms with Crippen molar-refractivity contribution < 1.29 is 9.53 Å². The zero-order valence-electron chi connectivity index (χ0n) is 8.04. The predicted octanol–water partition coefficient (Wildman–Crippen LogP) is -0.169. The van der Waals surface area contributed by atoms with Crippen LogP contribution in [0, 0.1) is 0 Å². The number of nitrogens with two attached hydrogens (primary N) is 1. The smallest absolute Gasteiger partial charge is 0.243 e. The van der Waals surface area contributed by atoms with Crippen molar-refractivity contribution in [2.75, 3.05) is 38.3 Å². The van der Waals surface area contributed by atoms with Gasteiger partial charge >= 0.3 is 0 Å². The number of nitrogens with one attached hydrogen (secondary N) is 1. The van der Waals surface area contributed by atoms with E-state index in [4.69, 9.17) is 10.5 Å². The second-order valence-electron chi connectivity index (χ2n) is 2.62. The summed E-state index contributed by atoms with van der Waals surface area (Å²) in [4.78, 5) is 10.2. The number of hydrogen-bond donors (Lipinski definition) is 2. The third-order valence-electron chi connectivity index (χ3n) is 1.37. The molecule has 0 unspecified atom stereocenters. The molecule has 0 radical (unpaired) electrons. The Labute approximate surface area is 83.6 Å². The van der Waals surface area contributed by atoms with Gasteiger partial charge in [-0.05, 0) is 25.0 Å². The van der Waals surface area contributed by atoms with E-state index in [1.54, 1.807) is 0 Å². The lowest BCUT2D eigenvalue weighted by molar-refractivity contribution is -0.122. The summed E-state index contributed by atoms with van der Waals surface area (Å²) in [6.07, 6.45) is 3.26. The molecule has 0 heterocycles. The summed E-state index contributed by atoms with van der Waals surface area (Å²) >= 11 is 1.84. The van der Waals surface area contributed by atoms with Gasteiger partial charge in [0, 0.05) is 6.54 Å². The SMILES string of the molecule is CSCCCNCCOCC(N)=O. The summed E-state index contributed by atoms with van der Waals surface area (Å²) in [5, 5.41) is 3.20. The van der Waals surface area contributed by atoms with E-state index in [1.807, 2.05) is 11.8 Å². The van der Waals surface area contributed by atoms with Crippen LogP contribution in [0.5, 0.6) is 0 Å². The van der Waals surface area contributed by atoms with Crippen LogP contribution in [0.4, 0.5) is 0 Å². The van der Waals surface area contributed by atoms with Gasteiger partial charge in [-0.1, -0.05) is 0 Å². The van der Waals surface area contributed by atoms with Crippen molar-refractivity contribution in [1.82, 2.24) is 5.32 Å². The maximum atomic E-state index is 10.2. The molecule has 0 spiro atoms. The lowest BCUT2D eigenvalue weighted by atomic mass is 10.5. The summed E-state index contributed by atoms with van der Waals surface area (Å²) in [5.74, 6) is 0.761. The summed E-state index contributed by atoms with van der Waals surface area (Å²) in [7, 11) is 0. The highest BCUT2D eigenvalue weighted by Gasteiger charge is 1.92. The first-order chi connectivity index (χ1) is 6.27. The van der Waals surface area contributed by atoms with Crippen molar-refractivity contribution in [3.05, 3.63) is 0 Å². The quantitative estimate of drug-likeness (QED) is 0.514. The van der Waals surface area contributed by atoms with Crippen molar-refractivity contribution >= 4 is 17.7 Å². The number of thioether (sulfide) groups is 1. The van der Waals surface area contributed by atoms with Crippen LogP contribution in [0.2, 0.25) is 0 Å². The second kappa shape index (κ2) is 9.83. The topological polar surface area (TPSA) is 64.3 Å². The van der Waals surface area contributed by atoms with Crippen LogP contribution >= 0.6 is 11.8 Å². The number of carbonyl (C=O) groups is 1. The van der Waals surface area contributed by atoms with Gasteiger partial charge in [0.1, 0.15) is 6.61 Å². The largest absolute Gasteiger partial charge is 0.370 e. The normalized spacial score (nSPS) is 10.2. The molecule has 1 amide bonds. The van der Waals surface area contributed by atoms with E-state index in [0.29, 0.717) is 6.61 Å². The third-order valence-corrected chi connectivity index (χ3v) is 2.07. The molecule has 13 heavy (non-hydrogen) atoms. The number of hydrogen-bond acceptors (Lipinski definition) is 4. The molecule has 0 aromatic carbocycles. The van der Waals surface area contributed by atoms with Crippen molar-refractivity contribution in [3.8, 4) is 0 Å². The second-order valence-corrected chi connectivity index (χ2v) is 3.60. The molecule has 0 bridgehead atoms. The molecule has 0 aromatic heterocycles. The molecule has 0 saturated carbocycles. The summed E-state index contributed by atoms with van der Waals surface area (Å²) < 4.78 is 4.96. The first-order valence-electron chi connectivity index (χ1n) is 4.33. The molecule has 78 valence electrons. The Kier molecular flexibility index (Phi) is 9.63. The fourth-order valence-corrected chi connectivity index (χ4v) is 1.22. The molecule has 0 aliphatic heterocycles. The molecule has 0 aliphatic rings. The summed E-state index contributed by atoms with van der Waals surface area (Å²) in [5.41, 5.74) is 4.89. The number of carbonyl (C=O) groups excluding carboxylic acids is 1. The van der Waals surface area contributed by atoms with Gasteiger partial charge in [0.2, 0.25) is 5.91 Å². The Hall–Kier alpha value is -0.260. The minimum absolute atomic E-state index is 0.0203. The molecule has 4 nitrogen and oxygen atoms in total. The standard InChI is InChI=1S/C8H18N2O2S/c1-13-6-2-3-10-4-5-12-7-8(9)11/h10H,2-7H2,1H3,(H2,9,11). The van der Waals surface area contributed by atoms with Crippen molar-refractivity contribution in [2.24, 2.45) is 5.73 Å². The fraction of sp³-hybridized carbons (Fsp3) is 0.875. The van der Waals surface area contributed by atoms with Crippen LogP contribution in [0.15, 0.2) is 0 Å². The number of rotatable bonds is 9. The Morgan fingerprint density at radius 2 is 2.31 bits per heavy atom. The molecular formula is C8H18N2O2S. The van der Waals surface area contributed by atoms with Crippen LogP contribution in [0.3, 0.4) is 0 Å². The maximum absolute atomic E-state index is 10.2. The molecule has 0 atom stereocenters. The Balaban J connectivity index is 2.87. The van der Waals surface area contributed by atoms with Crippen LogP contribution in [0.25, 0.3) is 0 Å². The molecule has 0 rings (SSSR count). The van der Waals surface area contributed by atoms with Crippen LogP contribution in [0.1, 0.15) is 6.42 Å². The van der Waals surface area contributed by atoms with Crippen LogP contribution in [-0.2, 0) is 9.53 Å². The highest BCUT2D eigenvalue weighted by Crippen LogP contribution is 1.92. The van der Waals surface area contributed by atoms with Gasteiger partial charge in [0.15, 0.2) is 0 Å². The first-order valence-corrected chi connectivity index (χ1v) is 5.72. The zero-order valence-corrected chi connectivity index (χ0v) is 8.86. The van der Waals surface area contributed by atoms with Crippen LogP contribution < -0.4 is 11.1 Å². The molecule has 5 heteroatoms. The third kappa shape index (κ3) is 11.7. The zero-order chi connectivity index (χ0) is 9.94. The van der Waals surface area contributed by atoms with E-state index in [9.17, 15) is 4.79 Å². The Morgan fingerprint density at radius 3 is 2.92 bits per heavy atom. The van der Waals surface area contributed by atoms with E-state index in [2.05, 4.69) is 11.6 Å². The molecule has 0 aromatic rings.